The molecule has 1 aliphatic heterocycles. The van der Waals surface area contributed by atoms with E-state index in [4.69, 9.17) is 12.2 Å². The molecule has 2 heterocycles. The van der Waals surface area contributed by atoms with Gasteiger partial charge in [-0.1, -0.05) is 18.2 Å². The van der Waals surface area contributed by atoms with Gasteiger partial charge in [-0.3, -0.25) is 9.80 Å². The highest BCUT2D eigenvalue weighted by atomic mass is 32.1. The van der Waals surface area contributed by atoms with E-state index in [9.17, 15) is 4.39 Å². The summed E-state index contributed by atoms with van der Waals surface area (Å²) >= 11 is 5.34. The van der Waals surface area contributed by atoms with E-state index in [1.807, 2.05) is 28.4 Å². The van der Waals surface area contributed by atoms with E-state index in [1.165, 1.54) is 6.07 Å². The second-order valence-corrected chi connectivity index (χ2v) is 6.37. The average molecular weight is 335 g/mol. The van der Waals surface area contributed by atoms with Gasteiger partial charge in [0.05, 0.1) is 6.67 Å². The van der Waals surface area contributed by atoms with Crippen molar-refractivity contribution in [3.05, 3.63) is 46.7 Å². The molecule has 7 heteroatoms. The van der Waals surface area contributed by atoms with Gasteiger partial charge in [-0.15, -0.1) is 0 Å². The number of benzene rings is 1. The molecule has 0 bridgehead atoms. The van der Waals surface area contributed by atoms with E-state index in [2.05, 4.69) is 14.9 Å². The van der Waals surface area contributed by atoms with Gasteiger partial charge < -0.3 is 4.57 Å². The van der Waals surface area contributed by atoms with Crippen LogP contribution in [0.5, 0.6) is 0 Å². The van der Waals surface area contributed by atoms with E-state index < -0.39 is 0 Å². The number of hydrogen-bond donors (Lipinski definition) is 0. The Balaban J connectivity index is 1.58. The number of rotatable bonds is 4. The fourth-order valence-corrected chi connectivity index (χ4v) is 3.05. The highest BCUT2D eigenvalue weighted by Gasteiger charge is 2.16. The van der Waals surface area contributed by atoms with Crippen LogP contribution in [-0.4, -0.2) is 50.3 Å². The Morgan fingerprint density at radius 3 is 2.61 bits per heavy atom. The molecule has 1 fully saturated rings. The number of hydrogen-bond acceptors (Lipinski definition) is 4. The van der Waals surface area contributed by atoms with Gasteiger partial charge in [0.1, 0.15) is 12.1 Å². The highest BCUT2D eigenvalue weighted by Crippen LogP contribution is 2.12. The molecule has 0 N–H and O–H groups in total. The molecule has 3 rings (SSSR count). The topological polar surface area (TPSA) is 29.2 Å². The van der Waals surface area contributed by atoms with Crippen LogP contribution in [0.25, 0.3) is 0 Å². The fraction of sp³-hybridized carbons (Fsp3) is 0.500. The Morgan fingerprint density at radius 2 is 1.87 bits per heavy atom. The smallest absolute Gasteiger partial charge is 0.198 e. The van der Waals surface area contributed by atoms with Crippen molar-refractivity contribution >= 4 is 12.2 Å². The minimum absolute atomic E-state index is 0.117. The van der Waals surface area contributed by atoms with Gasteiger partial charge in [-0.05, 0) is 31.2 Å². The molecule has 0 radical (unpaired) electrons. The van der Waals surface area contributed by atoms with Crippen molar-refractivity contribution in [2.45, 2.75) is 19.6 Å². The van der Waals surface area contributed by atoms with Gasteiger partial charge in [0.2, 0.25) is 0 Å². The van der Waals surface area contributed by atoms with Gasteiger partial charge >= 0.3 is 0 Å². The lowest BCUT2D eigenvalue weighted by atomic mass is 10.2. The predicted molar refractivity (Wildman–Crippen MR) is 89.9 cm³/mol. The molecule has 1 aliphatic rings. The first kappa shape index (κ1) is 16.3. The van der Waals surface area contributed by atoms with Gasteiger partial charge in [0.15, 0.2) is 4.77 Å². The van der Waals surface area contributed by atoms with Crippen molar-refractivity contribution in [2.24, 2.45) is 7.05 Å². The molecule has 0 saturated carbocycles. The molecule has 23 heavy (non-hydrogen) atoms. The summed E-state index contributed by atoms with van der Waals surface area (Å²) in [5.41, 5.74) is 0.771. The van der Waals surface area contributed by atoms with E-state index in [0.717, 1.165) is 42.9 Å². The minimum atomic E-state index is -0.117. The molecule has 0 aliphatic carbocycles. The predicted octanol–water partition coefficient (Wildman–Crippen LogP) is 2.26. The molecule has 1 aromatic heterocycles. The van der Waals surface area contributed by atoms with E-state index in [1.54, 1.807) is 12.4 Å². The highest BCUT2D eigenvalue weighted by molar-refractivity contribution is 7.71. The summed E-state index contributed by atoms with van der Waals surface area (Å²) in [7, 11) is 1.91. The quantitative estimate of drug-likeness (QED) is 0.802. The first-order valence-electron chi connectivity index (χ1n) is 7.90. The Bertz CT molecular complexity index is 710. The molecule has 0 spiro atoms. The zero-order chi connectivity index (χ0) is 16.2. The SMILES string of the molecule is Cn1cnn(CN2CCCN(Cc3ccccc3F)CC2)c1=S. The molecule has 2 aromatic rings. The van der Waals surface area contributed by atoms with E-state index >= 15 is 0 Å². The van der Waals surface area contributed by atoms with Crippen molar-refractivity contribution in [3.8, 4) is 0 Å². The molecular weight excluding hydrogens is 313 g/mol. The van der Waals surface area contributed by atoms with Gasteiger partial charge in [0, 0.05) is 38.8 Å². The Hall–Kier alpha value is -1.57. The number of aryl methyl sites for hydroxylation is 1. The van der Waals surface area contributed by atoms with Gasteiger partial charge in [-0.25, -0.2) is 9.07 Å². The van der Waals surface area contributed by atoms with Gasteiger partial charge in [0.25, 0.3) is 0 Å². The van der Waals surface area contributed by atoms with Crippen molar-refractivity contribution in [1.29, 1.82) is 0 Å². The third kappa shape index (κ3) is 4.04. The van der Waals surface area contributed by atoms with E-state index in [0.29, 0.717) is 13.2 Å². The third-order valence-corrected chi connectivity index (χ3v) is 4.75. The van der Waals surface area contributed by atoms with Crippen molar-refractivity contribution < 1.29 is 4.39 Å². The third-order valence-electron chi connectivity index (χ3n) is 4.25. The van der Waals surface area contributed by atoms with E-state index in [-0.39, 0.29) is 5.82 Å². The number of halogens is 1. The molecule has 0 amide bonds. The number of aromatic nitrogens is 3. The lowest BCUT2D eigenvalue weighted by Crippen LogP contribution is -2.32. The van der Waals surface area contributed by atoms with Crippen LogP contribution < -0.4 is 0 Å². The van der Waals surface area contributed by atoms with Crippen LogP contribution in [0.3, 0.4) is 0 Å². The molecular formula is C16H22FN5S. The lowest BCUT2D eigenvalue weighted by molar-refractivity contribution is 0.203. The molecule has 0 atom stereocenters. The Morgan fingerprint density at radius 1 is 1.13 bits per heavy atom. The normalized spacial score (nSPS) is 17.3. The summed E-state index contributed by atoms with van der Waals surface area (Å²) in [6, 6.07) is 7.03. The maximum atomic E-state index is 13.8. The van der Waals surface area contributed by atoms with Crippen molar-refractivity contribution in [3.63, 3.8) is 0 Å². The number of nitrogens with zero attached hydrogens (tertiary/aromatic N) is 5. The lowest BCUT2D eigenvalue weighted by Gasteiger charge is -2.21. The van der Waals surface area contributed by atoms with Crippen LogP contribution >= 0.6 is 12.2 Å². The fourth-order valence-electron chi connectivity index (χ4n) is 2.90. The zero-order valence-electron chi connectivity index (χ0n) is 13.4. The monoisotopic (exact) mass is 335 g/mol. The zero-order valence-corrected chi connectivity index (χ0v) is 14.2. The summed E-state index contributed by atoms with van der Waals surface area (Å²) < 4.78 is 18.2. The van der Waals surface area contributed by atoms with Crippen LogP contribution in [0.4, 0.5) is 4.39 Å². The summed E-state index contributed by atoms with van der Waals surface area (Å²) in [6.45, 7) is 5.24. The molecule has 5 nitrogen and oxygen atoms in total. The second kappa shape index (κ2) is 7.33. The Kier molecular flexibility index (Phi) is 5.20. The Labute approximate surface area is 140 Å². The van der Waals surface area contributed by atoms with Crippen LogP contribution in [-0.2, 0) is 20.3 Å². The van der Waals surface area contributed by atoms with Crippen molar-refractivity contribution in [2.75, 3.05) is 26.2 Å². The molecule has 1 saturated heterocycles. The first-order valence-corrected chi connectivity index (χ1v) is 8.31. The maximum absolute atomic E-state index is 13.8. The molecule has 1 aromatic carbocycles. The first-order chi connectivity index (χ1) is 11.1. The summed E-state index contributed by atoms with van der Waals surface area (Å²) in [4.78, 5) is 4.67. The van der Waals surface area contributed by atoms with Crippen LogP contribution in [0.2, 0.25) is 0 Å². The minimum Gasteiger partial charge on any atom is -0.310 e. The molecule has 124 valence electrons. The summed E-state index contributed by atoms with van der Waals surface area (Å²) in [5, 5.41) is 4.31. The van der Waals surface area contributed by atoms with Crippen LogP contribution in [0.1, 0.15) is 12.0 Å². The standard InChI is InChI=1S/C16H22FN5S/c1-19-12-18-22(16(19)23)13-21-8-4-7-20(9-10-21)11-14-5-2-3-6-15(14)17/h2-3,5-6,12H,4,7-11,13H2,1H3. The molecule has 0 unspecified atom stereocenters. The second-order valence-electron chi connectivity index (χ2n) is 6.00. The van der Waals surface area contributed by atoms with Gasteiger partial charge in [-0.2, -0.15) is 5.10 Å². The summed E-state index contributed by atoms with van der Waals surface area (Å²) in [6.07, 6.45) is 2.80. The van der Waals surface area contributed by atoms with Crippen LogP contribution in [0.15, 0.2) is 30.6 Å². The average Bonchev–Trinajstić information content (AvgIpc) is 2.75. The maximum Gasteiger partial charge on any atom is 0.198 e. The summed E-state index contributed by atoms with van der Waals surface area (Å²) in [5.74, 6) is -0.117. The van der Waals surface area contributed by atoms with Crippen molar-refractivity contribution in [1.82, 2.24) is 24.1 Å². The van der Waals surface area contributed by atoms with Crippen LogP contribution in [0, 0.1) is 10.6 Å². The largest absolute Gasteiger partial charge is 0.310 e.